The van der Waals surface area contributed by atoms with Gasteiger partial charge >= 0.3 is 6.09 Å². The number of aromatic nitrogens is 7. The maximum Gasteiger partial charge on any atom is 0.407 e. The Morgan fingerprint density at radius 2 is 2.28 bits per heavy atom. The Hall–Kier alpha value is -3.57. The molecule has 152 valence electrons. The first-order valence-corrected chi connectivity index (χ1v) is 9.07. The molecule has 1 aromatic carbocycles. The third-order valence-corrected chi connectivity index (χ3v) is 4.88. The summed E-state index contributed by atoms with van der Waals surface area (Å²) in [7, 11) is 0. The Morgan fingerprint density at radius 3 is 2.97 bits per heavy atom. The van der Waals surface area contributed by atoms with Crippen molar-refractivity contribution in [3.63, 3.8) is 0 Å². The molecule has 12 heteroatoms. The molecule has 3 heterocycles. The highest BCUT2D eigenvalue weighted by molar-refractivity contribution is 5.65. The first kappa shape index (κ1) is 18.8. The number of piperidine rings is 1. The quantitative estimate of drug-likeness (QED) is 0.683. The van der Waals surface area contributed by atoms with Gasteiger partial charge in [-0.2, -0.15) is 15.0 Å². The Bertz CT molecular complexity index is 992. The highest BCUT2D eigenvalue weighted by Crippen LogP contribution is 2.26. The minimum Gasteiger partial charge on any atom is -0.484 e. The van der Waals surface area contributed by atoms with Crippen molar-refractivity contribution in [2.75, 3.05) is 6.54 Å². The zero-order chi connectivity index (χ0) is 20.4. The molecule has 2 unspecified atom stereocenters. The van der Waals surface area contributed by atoms with Crippen molar-refractivity contribution in [3.05, 3.63) is 42.2 Å². The predicted molar refractivity (Wildman–Crippen MR) is 95.9 cm³/mol. The number of likely N-dealkylation sites (tertiary alicyclic amines) is 1. The van der Waals surface area contributed by atoms with Crippen molar-refractivity contribution in [1.29, 1.82) is 0 Å². The van der Waals surface area contributed by atoms with E-state index in [1.807, 2.05) is 6.92 Å². The van der Waals surface area contributed by atoms with E-state index in [9.17, 15) is 14.3 Å². The van der Waals surface area contributed by atoms with Gasteiger partial charge in [-0.05, 0) is 42.3 Å². The first-order valence-electron chi connectivity index (χ1n) is 9.07. The molecule has 1 fully saturated rings. The van der Waals surface area contributed by atoms with Crippen molar-refractivity contribution >= 4 is 6.09 Å². The van der Waals surface area contributed by atoms with Gasteiger partial charge < -0.3 is 14.7 Å². The van der Waals surface area contributed by atoms with Crippen molar-refractivity contribution in [2.24, 2.45) is 0 Å². The summed E-state index contributed by atoms with van der Waals surface area (Å²) >= 11 is 0. The van der Waals surface area contributed by atoms with Gasteiger partial charge in [-0.1, -0.05) is 0 Å². The number of hydrogen-bond donors (Lipinski definition) is 1. The van der Waals surface area contributed by atoms with E-state index in [1.54, 1.807) is 17.1 Å². The fraction of sp³-hybridized carbons (Fsp3) is 0.412. The predicted octanol–water partition coefficient (Wildman–Crippen LogP) is 1.68. The summed E-state index contributed by atoms with van der Waals surface area (Å²) in [6.45, 7) is 2.37. The smallest absolute Gasteiger partial charge is 0.407 e. The Balaban J connectivity index is 1.37. The highest BCUT2D eigenvalue weighted by Gasteiger charge is 2.30. The normalized spacial score (nSPS) is 19.3. The summed E-state index contributed by atoms with van der Waals surface area (Å²) in [6.07, 6.45) is 3.30. The van der Waals surface area contributed by atoms with E-state index in [4.69, 9.17) is 4.74 Å². The summed E-state index contributed by atoms with van der Waals surface area (Å²) in [4.78, 5) is 14.2. The Morgan fingerprint density at radius 1 is 1.41 bits per heavy atom. The van der Waals surface area contributed by atoms with E-state index in [-0.39, 0.29) is 24.4 Å². The topological polar surface area (TPSA) is 124 Å². The second-order valence-electron chi connectivity index (χ2n) is 6.82. The number of nitrogens with zero attached hydrogens (tertiary/aromatic N) is 8. The lowest BCUT2D eigenvalue weighted by atomic mass is 9.99. The van der Waals surface area contributed by atoms with Gasteiger partial charge in [0.05, 0.1) is 17.9 Å². The van der Waals surface area contributed by atoms with Crippen LogP contribution in [-0.2, 0) is 6.61 Å². The van der Waals surface area contributed by atoms with Crippen LogP contribution in [-0.4, -0.2) is 63.9 Å². The molecule has 1 aliphatic rings. The lowest BCUT2D eigenvalue weighted by Gasteiger charge is -2.35. The molecule has 4 rings (SSSR count). The van der Waals surface area contributed by atoms with E-state index in [0.29, 0.717) is 30.8 Å². The molecule has 11 nitrogen and oxygen atoms in total. The van der Waals surface area contributed by atoms with Crippen LogP contribution in [0.3, 0.4) is 0 Å². The summed E-state index contributed by atoms with van der Waals surface area (Å²) < 4.78 is 21.2. The molecule has 1 N–H and O–H groups in total. The fourth-order valence-corrected chi connectivity index (χ4v) is 3.37. The molecule has 0 spiro atoms. The molecule has 29 heavy (non-hydrogen) atoms. The molecular formula is C17H19FN8O3. The van der Waals surface area contributed by atoms with E-state index < -0.39 is 11.9 Å². The first-order chi connectivity index (χ1) is 14.0. The van der Waals surface area contributed by atoms with Crippen molar-refractivity contribution in [3.8, 4) is 11.4 Å². The summed E-state index contributed by atoms with van der Waals surface area (Å²) in [5.74, 6) is -0.458. The summed E-state index contributed by atoms with van der Waals surface area (Å²) in [6, 6.07) is 4.33. The summed E-state index contributed by atoms with van der Waals surface area (Å²) in [5.41, 5.74) is 1.04. The monoisotopic (exact) mass is 402 g/mol. The summed E-state index contributed by atoms with van der Waals surface area (Å²) in [5, 5.41) is 28.6. The molecular weight excluding hydrogens is 383 g/mol. The molecule has 3 aromatic rings. The molecule has 2 atom stereocenters. The van der Waals surface area contributed by atoms with Gasteiger partial charge in [-0.25, -0.2) is 13.9 Å². The molecule has 1 saturated heterocycles. The van der Waals surface area contributed by atoms with Crippen LogP contribution < -0.4 is 4.74 Å². The lowest BCUT2D eigenvalue weighted by molar-refractivity contribution is 0.0924. The van der Waals surface area contributed by atoms with Gasteiger partial charge in [-0.15, -0.1) is 5.10 Å². The largest absolute Gasteiger partial charge is 0.484 e. The SMILES string of the molecule is CC1CC(n2ncc(COc3ccc(-n4cnnn4)cc3F)n2)CCN1C(=O)O. The van der Waals surface area contributed by atoms with Gasteiger partial charge in [0.25, 0.3) is 0 Å². The van der Waals surface area contributed by atoms with E-state index in [1.165, 1.54) is 28.0 Å². The second kappa shape index (κ2) is 7.81. The second-order valence-corrected chi connectivity index (χ2v) is 6.82. The van der Waals surface area contributed by atoms with Gasteiger partial charge in [0.1, 0.15) is 18.6 Å². The fourth-order valence-electron chi connectivity index (χ4n) is 3.37. The standard InChI is InChI=1S/C17H19FN8O3/c1-11-6-14(4-5-24(11)17(27)28)26-20-8-12(21-26)9-29-16-3-2-13(7-15(16)18)25-10-19-22-23-25/h2-3,7-8,10-11,14H,4-6,9H2,1H3,(H,27,28). The van der Waals surface area contributed by atoms with Crippen LogP contribution in [0.15, 0.2) is 30.7 Å². The number of hydrogen-bond acceptors (Lipinski definition) is 7. The molecule has 2 aromatic heterocycles. The van der Waals surface area contributed by atoms with Crippen LogP contribution in [0.1, 0.15) is 31.5 Å². The van der Waals surface area contributed by atoms with Gasteiger partial charge in [-0.3, -0.25) is 0 Å². The van der Waals surface area contributed by atoms with Crippen LogP contribution in [0.4, 0.5) is 9.18 Å². The molecule has 1 aliphatic heterocycles. The third-order valence-electron chi connectivity index (χ3n) is 4.88. The molecule has 0 aliphatic carbocycles. The lowest BCUT2D eigenvalue weighted by Crippen LogP contribution is -2.44. The third kappa shape index (κ3) is 4.00. The van der Waals surface area contributed by atoms with Gasteiger partial charge in [0.15, 0.2) is 11.6 Å². The molecule has 0 bridgehead atoms. The van der Waals surface area contributed by atoms with E-state index in [2.05, 4.69) is 25.7 Å². The number of ether oxygens (including phenoxy) is 1. The molecule has 1 amide bonds. The number of benzene rings is 1. The Kier molecular flexibility index (Phi) is 5.06. The van der Waals surface area contributed by atoms with E-state index >= 15 is 0 Å². The van der Waals surface area contributed by atoms with Crippen LogP contribution >= 0.6 is 0 Å². The molecule has 0 saturated carbocycles. The number of carboxylic acid groups (broad SMARTS) is 1. The minimum absolute atomic E-state index is 0.0154. The maximum absolute atomic E-state index is 14.3. The number of tetrazole rings is 1. The zero-order valence-electron chi connectivity index (χ0n) is 15.6. The van der Waals surface area contributed by atoms with Crippen LogP contribution in [0, 0.1) is 5.82 Å². The van der Waals surface area contributed by atoms with Gasteiger partial charge in [0.2, 0.25) is 0 Å². The molecule has 0 radical (unpaired) electrons. The van der Waals surface area contributed by atoms with E-state index in [0.717, 1.165) is 0 Å². The number of amides is 1. The van der Waals surface area contributed by atoms with Crippen LogP contribution in [0.2, 0.25) is 0 Å². The number of halogens is 1. The maximum atomic E-state index is 14.3. The zero-order valence-corrected chi connectivity index (χ0v) is 15.6. The van der Waals surface area contributed by atoms with Crippen LogP contribution in [0.5, 0.6) is 5.75 Å². The van der Waals surface area contributed by atoms with Gasteiger partial charge in [0, 0.05) is 18.7 Å². The average Bonchev–Trinajstić information content (AvgIpc) is 3.39. The highest BCUT2D eigenvalue weighted by atomic mass is 19.1. The number of rotatable bonds is 5. The van der Waals surface area contributed by atoms with Crippen LogP contribution in [0.25, 0.3) is 5.69 Å². The van der Waals surface area contributed by atoms with Crippen molar-refractivity contribution in [1.82, 2.24) is 40.1 Å². The minimum atomic E-state index is -0.911. The average molecular weight is 402 g/mol. The van der Waals surface area contributed by atoms with Crippen molar-refractivity contribution < 1.29 is 19.0 Å². The number of carbonyl (C=O) groups is 1. The Labute approximate surface area is 164 Å². The van der Waals surface area contributed by atoms with Crippen molar-refractivity contribution in [2.45, 2.75) is 38.5 Å².